The predicted molar refractivity (Wildman–Crippen MR) is 97.4 cm³/mol. The third-order valence-corrected chi connectivity index (χ3v) is 4.80. The average molecular weight is 365 g/mol. The highest BCUT2D eigenvalue weighted by Gasteiger charge is 2.32. The van der Waals surface area contributed by atoms with Crippen LogP contribution in [0.3, 0.4) is 0 Å². The van der Waals surface area contributed by atoms with Gasteiger partial charge in [-0.05, 0) is 37.5 Å². The Hall–Kier alpha value is -1.70. The van der Waals surface area contributed by atoms with Crippen molar-refractivity contribution < 1.29 is 19.0 Å². The van der Waals surface area contributed by atoms with Gasteiger partial charge in [-0.1, -0.05) is 6.07 Å². The first-order valence-electron chi connectivity index (χ1n) is 9.36. The molecule has 0 aliphatic carbocycles. The summed E-state index contributed by atoms with van der Waals surface area (Å²) in [6.45, 7) is 5.92. The zero-order valence-electron chi connectivity index (χ0n) is 15.3. The Morgan fingerprint density at radius 1 is 1.35 bits per heavy atom. The maximum atomic E-state index is 13.5. The maximum absolute atomic E-state index is 13.5. The standard InChI is InChI=1S/C19H28FN3O3/c1-2-21-19(22-11-14-5-6-16(20)15(10-14)13-24)23-7-9-26-18(12-23)17-4-3-8-25-17/h5-6,10,17-18,24H,2-4,7-9,11-13H2,1H3,(H,21,22). The van der Waals surface area contributed by atoms with E-state index >= 15 is 0 Å². The largest absolute Gasteiger partial charge is 0.392 e. The number of hydrogen-bond donors (Lipinski definition) is 2. The zero-order valence-corrected chi connectivity index (χ0v) is 15.3. The second-order valence-electron chi connectivity index (χ2n) is 6.66. The quantitative estimate of drug-likeness (QED) is 0.614. The van der Waals surface area contributed by atoms with E-state index in [-0.39, 0.29) is 24.6 Å². The molecule has 6 nitrogen and oxygen atoms in total. The second-order valence-corrected chi connectivity index (χ2v) is 6.66. The van der Waals surface area contributed by atoms with Crippen molar-refractivity contribution in [2.75, 3.05) is 32.8 Å². The summed E-state index contributed by atoms with van der Waals surface area (Å²) < 4.78 is 25.2. The van der Waals surface area contributed by atoms with Gasteiger partial charge in [0.25, 0.3) is 0 Å². The van der Waals surface area contributed by atoms with Crippen molar-refractivity contribution in [1.82, 2.24) is 10.2 Å². The molecule has 2 unspecified atom stereocenters. The van der Waals surface area contributed by atoms with Gasteiger partial charge in [-0.15, -0.1) is 0 Å². The molecule has 1 aromatic carbocycles. The van der Waals surface area contributed by atoms with Gasteiger partial charge in [-0.25, -0.2) is 9.38 Å². The minimum Gasteiger partial charge on any atom is -0.392 e. The first-order chi connectivity index (χ1) is 12.7. The number of morpholine rings is 1. The van der Waals surface area contributed by atoms with Gasteiger partial charge in [0.1, 0.15) is 11.9 Å². The molecular formula is C19H28FN3O3. The summed E-state index contributed by atoms with van der Waals surface area (Å²) in [6, 6.07) is 4.75. The van der Waals surface area contributed by atoms with Gasteiger partial charge in [0.2, 0.25) is 0 Å². The van der Waals surface area contributed by atoms with Crippen LogP contribution in [0.15, 0.2) is 23.2 Å². The fourth-order valence-electron chi connectivity index (χ4n) is 3.43. The van der Waals surface area contributed by atoms with Gasteiger partial charge in [0, 0.05) is 31.8 Å². The third kappa shape index (κ3) is 4.72. The number of rotatable bonds is 5. The third-order valence-electron chi connectivity index (χ3n) is 4.80. The van der Waals surface area contributed by atoms with Crippen molar-refractivity contribution in [2.45, 2.75) is 45.1 Å². The molecule has 2 N–H and O–H groups in total. The lowest BCUT2D eigenvalue weighted by atomic mass is 10.1. The van der Waals surface area contributed by atoms with E-state index in [0.29, 0.717) is 18.7 Å². The molecular weight excluding hydrogens is 337 g/mol. The zero-order chi connectivity index (χ0) is 18.4. The Morgan fingerprint density at radius 3 is 2.92 bits per heavy atom. The van der Waals surface area contributed by atoms with E-state index in [1.165, 1.54) is 6.07 Å². The van der Waals surface area contributed by atoms with Gasteiger partial charge in [0.05, 0.1) is 25.9 Å². The molecule has 0 saturated carbocycles. The monoisotopic (exact) mass is 365 g/mol. The maximum Gasteiger partial charge on any atom is 0.194 e. The van der Waals surface area contributed by atoms with Crippen LogP contribution in [0.25, 0.3) is 0 Å². The van der Waals surface area contributed by atoms with Crippen molar-refractivity contribution in [2.24, 2.45) is 4.99 Å². The summed E-state index contributed by atoms with van der Waals surface area (Å²) in [5.74, 6) is 0.438. The molecule has 7 heteroatoms. The molecule has 26 heavy (non-hydrogen) atoms. The summed E-state index contributed by atoms with van der Waals surface area (Å²) >= 11 is 0. The molecule has 2 aliphatic rings. The van der Waals surface area contributed by atoms with Crippen LogP contribution in [0.4, 0.5) is 4.39 Å². The molecule has 0 bridgehead atoms. The minimum atomic E-state index is -0.389. The van der Waals surface area contributed by atoms with Gasteiger partial charge in [-0.3, -0.25) is 0 Å². The van der Waals surface area contributed by atoms with Crippen LogP contribution in [0.1, 0.15) is 30.9 Å². The van der Waals surface area contributed by atoms with Gasteiger partial charge >= 0.3 is 0 Å². The highest BCUT2D eigenvalue weighted by Crippen LogP contribution is 2.21. The Morgan fingerprint density at radius 2 is 2.19 bits per heavy atom. The molecule has 3 rings (SSSR count). The minimum absolute atomic E-state index is 0.0712. The number of guanidine groups is 1. The number of aliphatic hydroxyl groups excluding tert-OH is 1. The van der Waals surface area contributed by atoms with Crippen molar-refractivity contribution in [3.8, 4) is 0 Å². The highest BCUT2D eigenvalue weighted by atomic mass is 19.1. The Balaban J connectivity index is 1.68. The van der Waals surface area contributed by atoms with Crippen LogP contribution >= 0.6 is 0 Å². The fraction of sp³-hybridized carbons (Fsp3) is 0.632. The topological polar surface area (TPSA) is 66.3 Å². The molecule has 2 fully saturated rings. The van der Waals surface area contributed by atoms with Gasteiger partial charge in [0.15, 0.2) is 5.96 Å². The lowest BCUT2D eigenvalue weighted by Gasteiger charge is -2.37. The second kappa shape index (κ2) is 9.30. The van der Waals surface area contributed by atoms with Crippen molar-refractivity contribution in [3.05, 3.63) is 35.1 Å². The van der Waals surface area contributed by atoms with Crippen molar-refractivity contribution >= 4 is 5.96 Å². The van der Waals surface area contributed by atoms with Crippen LogP contribution in [0.5, 0.6) is 0 Å². The van der Waals surface area contributed by atoms with E-state index in [2.05, 4.69) is 10.2 Å². The normalized spacial score (nSPS) is 24.1. The lowest BCUT2D eigenvalue weighted by molar-refractivity contribution is -0.0817. The number of nitrogens with zero attached hydrogens (tertiary/aromatic N) is 2. The van der Waals surface area contributed by atoms with Gasteiger partial charge in [-0.2, -0.15) is 0 Å². The first kappa shape index (κ1) is 19.1. The summed E-state index contributed by atoms with van der Waals surface area (Å²) in [6.07, 6.45) is 2.38. The van der Waals surface area contributed by atoms with E-state index in [4.69, 9.17) is 14.5 Å². The summed E-state index contributed by atoms with van der Waals surface area (Å²) in [4.78, 5) is 6.91. The number of nitrogens with one attached hydrogen (secondary N) is 1. The number of ether oxygens (including phenoxy) is 2. The molecule has 144 valence electrons. The lowest BCUT2D eigenvalue weighted by Crippen LogP contribution is -2.53. The van der Waals surface area contributed by atoms with Crippen molar-refractivity contribution in [3.63, 3.8) is 0 Å². The van der Waals surface area contributed by atoms with Crippen LogP contribution in [0.2, 0.25) is 0 Å². The molecule has 2 heterocycles. The summed E-state index contributed by atoms with van der Waals surface area (Å²) in [5.41, 5.74) is 1.17. The number of hydrogen-bond acceptors (Lipinski definition) is 4. The van der Waals surface area contributed by atoms with E-state index in [0.717, 1.165) is 50.6 Å². The number of halogens is 1. The molecule has 2 aliphatic heterocycles. The summed E-state index contributed by atoms with van der Waals surface area (Å²) in [7, 11) is 0. The SMILES string of the molecule is CCNC(=NCc1ccc(F)c(CO)c1)N1CCOC(C2CCCO2)C1. The van der Waals surface area contributed by atoms with E-state index in [1.54, 1.807) is 12.1 Å². The van der Waals surface area contributed by atoms with Crippen LogP contribution < -0.4 is 5.32 Å². The Bertz CT molecular complexity index is 620. The summed E-state index contributed by atoms with van der Waals surface area (Å²) in [5, 5.41) is 12.5. The highest BCUT2D eigenvalue weighted by molar-refractivity contribution is 5.80. The molecule has 0 spiro atoms. The van der Waals surface area contributed by atoms with Crippen LogP contribution in [0, 0.1) is 5.82 Å². The smallest absolute Gasteiger partial charge is 0.194 e. The fourth-order valence-corrected chi connectivity index (χ4v) is 3.43. The van der Waals surface area contributed by atoms with Crippen LogP contribution in [-0.2, 0) is 22.6 Å². The molecule has 2 atom stereocenters. The molecule has 0 aromatic heterocycles. The van der Waals surface area contributed by atoms with E-state index in [1.807, 2.05) is 6.92 Å². The number of aliphatic hydroxyl groups is 1. The molecule has 0 radical (unpaired) electrons. The van der Waals surface area contributed by atoms with E-state index < -0.39 is 0 Å². The Labute approximate surface area is 154 Å². The van der Waals surface area contributed by atoms with Crippen molar-refractivity contribution in [1.29, 1.82) is 0 Å². The van der Waals surface area contributed by atoms with E-state index in [9.17, 15) is 9.50 Å². The average Bonchev–Trinajstić information content (AvgIpc) is 3.21. The molecule has 0 amide bonds. The number of benzene rings is 1. The predicted octanol–water partition coefficient (Wildman–Crippen LogP) is 1.66. The molecule has 2 saturated heterocycles. The van der Waals surface area contributed by atoms with Gasteiger partial charge < -0.3 is 24.8 Å². The number of aliphatic imine (C=N–C) groups is 1. The Kier molecular flexibility index (Phi) is 6.82. The molecule has 1 aromatic rings. The van der Waals surface area contributed by atoms with Crippen LogP contribution in [-0.4, -0.2) is 61.0 Å². The first-order valence-corrected chi connectivity index (χ1v) is 9.36.